The molecular weight excluding hydrogens is 253 g/mol. The van der Waals surface area contributed by atoms with Gasteiger partial charge in [0.25, 0.3) is 0 Å². The van der Waals surface area contributed by atoms with Crippen molar-refractivity contribution in [3.05, 3.63) is 28.2 Å². The van der Waals surface area contributed by atoms with Crippen LogP contribution in [0.25, 0.3) is 0 Å². The maximum Gasteiger partial charge on any atom is 0.333 e. The summed E-state index contributed by atoms with van der Waals surface area (Å²) in [7, 11) is 0. The summed E-state index contributed by atoms with van der Waals surface area (Å²) in [5.41, 5.74) is 0.555. The number of hydrogen-bond donors (Lipinski definition) is 0. The number of rotatable bonds is 1. The molecule has 1 aliphatic rings. The number of benzene rings is 1. The SMILES string of the molecule is O=C1CN(c2cc(Cl)ccc2Cl)CC(=O)O1. The third-order valence-corrected chi connectivity index (χ3v) is 2.67. The molecule has 1 heterocycles. The van der Waals surface area contributed by atoms with Crippen LogP contribution in [0.2, 0.25) is 10.0 Å². The van der Waals surface area contributed by atoms with Gasteiger partial charge in [-0.3, -0.25) is 0 Å². The van der Waals surface area contributed by atoms with E-state index in [1.54, 1.807) is 18.2 Å². The van der Waals surface area contributed by atoms with Crippen molar-refractivity contribution in [3.63, 3.8) is 0 Å². The summed E-state index contributed by atoms with van der Waals surface area (Å²) in [5, 5.41) is 0.928. The topological polar surface area (TPSA) is 46.6 Å². The molecule has 0 N–H and O–H groups in total. The van der Waals surface area contributed by atoms with E-state index < -0.39 is 11.9 Å². The number of halogens is 2. The largest absolute Gasteiger partial charge is 0.390 e. The molecule has 0 saturated carbocycles. The molecule has 16 heavy (non-hydrogen) atoms. The number of esters is 2. The van der Waals surface area contributed by atoms with Gasteiger partial charge < -0.3 is 9.64 Å². The number of carbonyl (C=O) groups excluding carboxylic acids is 2. The quantitative estimate of drug-likeness (QED) is 0.571. The summed E-state index contributed by atoms with van der Waals surface area (Å²) < 4.78 is 4.41. The highest BCUT2D eigenvalue weighted by atomic mass is 35.5. The van der Waals surface area contributed by atoms with Gasteiger partial charge in [-0.2, -0.15) is 0 Å². The minimum atomic E-state index is -0.590. The standard InChI is InChI=1S/C10H7Cl2NO3/c11-6-1-2-7(12)8(3-6)13-4-9(14)16-10(15)5-13/h1-3H,4-5H2. The monoisotopic (exact) mass is 259 g/mol. The Bertz CT molecular complexity index is 445. The number of carbonyl (C=O) groups is 2. The van der Waals surface area contributed by atoms with Crippen LogP contribution in [0.4, 0.5) is 5.69 Å². The first-order valence-electron chi connectivity index (χ1n) is 4.50. The lowest BCUT2D eigenvalue weighted by atomic mass is 10.2. The molecule has 0 radical (unpaired) electrons. The van der Waals surface area contributed by atoms with Crippen molar-refractivity contribution in [2.45, 2.75) is 0 Å². The van der Waals surface area contributed by atoms with Crippen LogP contribution in [0.15, 0.2) is 18.2 Å². The number of hydrogen-bond acceptors (Lipinski definition) is 4. The normalized spacial score (nSPS) is 16.2. The fraction of sp³-hybridized carbons (Fsp3) is 0.200. The lowest BCUT2D eigenvalue weighted by Crippen LogP contribution is -2.43. The van der Waals surface area contributed by atoms with Crippen LogP contribution in [-0.2, 0) is 14.3 Å². The molecule has 84 valence electrons. The molecule has 0 unspecified atom stereocenters. The van der Waals surface area contributed by atoms with Crippen molar-refractivity contribution >= 4 is 40.8 Å². The molecule has 1 fully saturated rings. The van der Waals surface area contributed by atoms with E-state index in [9.17, 15) is 9.59 Å². The van der Waals surface area contributed by atoms with Crippen LogP contribution in [0.5, 0.6) is 0 Å². The van der Waals surface area contributed by atoms with Crippen LogP contribution in [0, 0.1) is 0 Å². The van der Waals surface area contributed by atoms with Crippen molar-refractivity contribution in [3.8, 4) is 0 Å². The van der Waals surface area contributed by atoms with Gasteiger partial charge in [0.2, 0.25) is 0 Å². The molecule has 0 aliphatic carbocycles. The summed E-state index contributed by atoms with van der Waals surface area (Å²) >= 11 is 11.8. The molecule has 1 aromatic rings. The molecular formula is C10H7Cl2NO3. The Morgan fingerprint density at radius 3 is 2.38 bits per heavy atom. The lowest BCUT2D eigenvalue weighted by Gasteiger charge is -2.27. The number of ether oxygens (including phenoxy) is 1. The molecule has 4 nitrogen and oxygen atoms in total. The second-order valence-corrected chi connectivity index (χ2v) is 4.14. The zero-order chi connectivity index (χ0) is 11.7. The summed E-state index contributed by atoms with van der Waals surface area (Å²) in [6.07, 6.45) is 0. The van der Waals surface area contributed by atoms with Crippen LogP contribution >= 0.6 is 23.2 Å². The Morgan fingerprint density at radius 1 is 1.12 bits per heavy atom. The van der Waals surface area contributed by atoms with Crippen molar-refractivity contribution in [1.82, 2.24) is 0 Å². The fourth-order valence-corrected chi connectivity index (χ4v) is 1.86. The smallest absolute Gasteiger partial charge is 0.333 e. The molecule has 0 aromatic heterocycles. The summed E-state index contributed by atoms with van der Waals surface area (Å²) in [6.45, 7) is -0.0163. The second-order valence-electron chi connectivity index (χ2n) is 3.30. The van der Waals surface area contributed by atoms with Crippen molar-refractivity contribution in [2.24, 2.45) is 0 Å². The minimum absolute atomic E-state index is 0.00813. The molecule has 6 heteroatoms. The zero-order valence-electron chi connectivity index (χ0n) is 8.07. The van der Waals surface area contributed by atoms with Crippen molar-refractivity contribution in [2.75, 3.05) is 18.0 Å². The van der Waals surface area contributed by atoms with Gasteiger partial charge in [0.05, 0.1) is 10.7 Å². The average Bonchev–Trinajstić information content (AvgIpc) is 2.20. The van der Waals surface area contributed by atoms with E-state index in [1.807, 2.05) is 0 Å². The van der Waals surface area contributed by atoms with Gasteiger partial charge in [0.1, 0.15) is 13.1 Å². The third kappa shape index (κ3) is 2.28. The van der Waals surface area contributed by atoms with Gasteiger partial charge in [-0.1, -0.05) is 23.2 Å². The van der Waals surface area contributed by atoms with Crippen LogP contribution in [0.3, 0.4) is 0 Å². The number of nitrogens with zero attached hydrogens (tertiary/aromatic N) is 1. The first-order valence-corrected chi connectivity index (χ1v) is 5.25. The summed E-state index contributed by atoms with van der Waals surface area (Å²) in [6, 6.07) is 4.86. The molecule has 0 bridgehead atoms. The second kappa shape index (κ2) is 4.31. The molecule has 0 atom stereocenters. The van der Waals surface area contributed by atoms with Gasteiger partial charge in [0, 0.05) is 5.02 Å². The predicted molar refractivity (Wildman–Crippen MR) is 59.8 cm³/mol. The highest BCUT2D eigenvalue weighted by Crippen LogP contribution is 2.29. The zero-order valence-corrected chi connectivity index (χ0v) is 9.59. The van der Waals surface area contributed by atoms with E-state index in [0.29, 0.717) is 15.7 Å². The maximum atomic E-state index is 11.1. The van der Waals surface area contributed by atoms with Crippen LogP contribution in [0.1, 0.15) is 0 Å². The van der Waals surface area contributed by atoms with E-state index in [4.69, 9.17) is 23.2 Å². The Morgan fingerprint density at radius 2 is 1.75 bits per heavy atom. The maximum absolute atomic E-state index is 11.1. The van der Waals surface area contributed by atoms with Gasteiger partial charge >= 0.3 is 11.9 Å². The number of anilines is 1. The Hall–Kier alpha value is -1.26. The molecule has 2 rings (SSSR count). The summed E-state index contributed by atoms with van der Waals surface area (Å²) in [5.74, 6) is -1.18. The molecule has 0 spiro atoms. The van der Waals surface area contributed by atoms with E-state index in [0.717, 1.165) is 0 Å². The molecule has 1 saturated heterocycles. The fourth-order valence-electron chi connectivity index (χ4n) is 1.46. The van der Waals surface area contributed by atoms with E-state index >= 15 is 0 Å². The Kier molecular flexibility index (Phi) is 3.03. The van der Waals surface area contributed by atoms with Crippen LogP contribution in [-0.4, -0.2) is 25.0 Å². The van der Waals surface area contributed by atoms with Gasteiger partial charge in [-0.15, -0.1) is 0 Å². The van der Waals surface area contributed by atoms with E-state index in [1.165, 1.54) is 4.90 Å². The summed E-state index contributed by atoms with van der Waals surface area (Å²) in [4.78, 5) is 23.7. The number of morpholine rings is 1. The van der Waals surface area contributed by atoms with Gasteiger partial charge in [-0.25, -0.2) is 9.59 Å². The first-order chi connectivity index (χ1) is 7.56. The first kappa shape index (κ1) is 11.2. The molecule has 1 aromatic carbocycles. The average molecular weight is 260 g/mol. The van der Waals surface area contributed by atoms with Crippen molar-refractivity contribution < 1.29 is 14.3 Å². The van der Waals surface area contributed by atoms with E-state index in [-0.39, 0.29) is 13.1 Å². The highest BCUT2D eigenvalue weighted by molar-refractivity contribution is 6.35. The predicted octanol–water partition coefficient (Wildman–Crippen LogP) is 1.88. The van der Waals surface area contributed by atoms with Crippen molar-refractivity contribution in [1.29, 1.82) is 0 Å². The third-order valence-electron chi connectivity index (χ3n) is 2.12. The molecule has 0 amide bonds. The minimum Gasteiger partial charge on any atom is -0.390 e. The Balaban J connectivity index is 2.32. The highest BCUT2D eigenvalue weighted by Gasteiger charge is 2.26. The lowest BCUT2D eigenvalue weighted by molar-refractivity contribution is -0.160. The van der Waals surface area contributed by atoms with Gasteiger partial charge in [0.15, 0.2) is 0 Å². The Labute approximate surface area is 102 Å². The van der Waals surface area contributed by atoms with E-state index in [2.05, 4.69) is 4.74 Å². The van der Waals surface area contributed by atoms with Crippen LogP contribution < -0.4 is 4.90 Å². The molecule has 1 aliphatic heterocycles. The number of cyclic esters (lactones) is 2. The van der Waals surface area contributed by atoms with Gasteiger partial charge in [-0.05, 0) is 18.2 Å².